The van der Waals surface area contributed by atoms with E-state index in [4.69, 9.17) is 5.73 Å². The molecule has 3 N–H and O–H groups in total. The second-order valence-corrected chi connectivity index (χ2v) is 7.97. The van der Waals surface area contributed by atoms with E-state index in [1.807, 2.05) is 12.1 Å². The van der Waals surface area contributed by atoms with Crippen LogP contribution >= 0.6 is 0 Å². The summed E-state index contributed by atoms with van der Waals surface area (Å²) in [7, 11) is 0. The molecule has 1 saturated heterocycles. The van der Waals surface area contributed by atoms with Crippen LogP contribution in [0.1, 0.15) is 18.4 Å². The summed E-state index contributed by atoms with van der Waals surface area (Å²) < 4.78 is 29.2. The lowest BCUT2D eigenvalue weighted by atomic mass is 10.0. The number of anilines is 1. The number of hydrogen-bond acceptors (Lipinski definition) is 7. The van der Waals surface area contributed by atoms with Gasteiger partial charge in [-0.2, -0.15) is 4.68 Å². The maximum atomic E-state index is 14.4. The van der Waals surface area contributed by atoms with Crippen molar-refractivity contribution in [2.45, 2.75) is 19.4 Å². The molecule has 0 bridgehead atoms. The minimum atomic E-state index is -1.08. The van der Waals surface area contributed by atoms with Crippen LogP contribution in [0.3, 0.4) is 0 Å². The van der Waals surface area contributed by atoms with Gasteiger partial charge >= 0.3 is 0 Å². The molecule has 2 aromatic carbocycles. The molecule has 5 rings (SSSR count). The van der Waals surface area contributed by atoms with Crippen molar-refractivity contribution in [1.29, 1.82) is 0 Å². The average Bonchev–Trinajstić information content (AvgIpc) is 3.50. The lowest BCUT2D eigenvalue weighted by molar-refractivity contribution is 0.324. The molecule has 0 atom stereocenters. The largest absolute Gasteiger partial charge is 0.508 e. The molecule has 168 valence electrons. The molecule has 0 radical (unpaired) electrons. The summed E-state index contributed by atoms with van der Waals surface area (Å²) in [5.41, 5.74) is 8.52. The number of nitrogen functional groups attached to an aromatic ring is 1. The van der Waals surface area contributed by atoms with Gasteiger partial charge in [0.05, 0.1) is 5.56 Å². The quantitative estimate of drug-likeness (QED) is 0.480. The molecule has 10 heteroatoms. The van der Waals surface area contributed by atoms with Gasteiger partial charge in [0.1, 0.15) is 17.3 Å². The van der Waals surface area contributed by atoms with Crippen LogP contribution < -0.4 is 5.73 Å². The molecular weight excluding hydrogens is 428 g/mol. The molecule has 4 aromatic rings. The maximum absolute atomic E-state index is 14.4. The van der Waals surface area contributed by atoms with E-state index < -0.39 is 11.6 Å². The van der Waals surface area contributed by atoms with E-state index in [0.29, 0.717) is 17.7 Å². The summed E-state index contributed by atoms with van der Waals surface area (Å²) >= 11 is 0. The zero-order valence-corrected chi connectivity index (χ0v) is 17.6. The van der Waals surface area contributed by atoms with Gasteiger partial charge in [-0.05, 0) is 66.2 Å². The Kier molecular flexibility index (Phi) is 5.43. The van der Waals surface area contributed by atoms with E-state index in [1.54, 1.807) is 18.3 Å². The average molecular weight is 449 g/mol. The Labute approximate surface area is 188 Å². The van der Waals surface area contributed by atoms with E-state index in [1.165, 1.54) is 25.0 Å². The van der Waals surface area contributed by atoms with Crippen molar-refractivity contribution in [1.82, 2.24) is 30.1 Å². The summed E-state index contributed by atoms with van der Waals surface area (Å²) in [4.78, 5) is 6.54. The predicted octanol–water partition coefficient (Wildman–Crippen LogP) is 3.55. The monoisotopic (exact) mass is 449 g/mol. The van der Waals surface area contributed by atoms with Crippen LogP contribution in [-0.2, 0) is 6.54 Å². The van der Waals surface area contributed by atoms with Crippen molar-refractivity contribution in [3.8, 4) is 34.0 Å². The Morgan fingerprint density at radius 1 is 1.03 bits per heavy atom. The number of hydrogen-bond donors (Lipinski definition) is 2. The van der Waals surface area contributed by atoms with Crippen LogP contribution in [0.5, 0.6) is 5.75 Å². The molecule has 0 saturated carbocycles. The highest BCUT2D eigenvalue weighted by atomic mass is 19.2. The Morgan fingerprint density at radius 3 is 2.64 bits per heavy atom. The molecular formula is C23H21F2N7O. The lowest BCUT2D eigenvalue weighted by Crippen LogP contribution is -2.18. The number of halogens is 2. The molecule has 0 spiro atoms. The van der Waals surface area contributed by atoms with Gasteiger partial charge in [-0.25, -0.2) is 13.8 Å². The molecule has 8 nitrogen and oxygen atoms in total. The molecule has 0 unspecified atom stereocenters. The third-order valence-corrected chi connectivity index (χ3v) is 5.80. The third-order valence-electron chi connectivity index (χ3n) is 5.80. The van der Waals surface area contributed by atoms with Crippen LogP contribution in [0.2, 0.25) is 0 Å². The fourth-order valence-electron chi connectivity index (χ4n) is 4.04. The van der Waals surface area contributed by atoms with Gasteiger partial charge in [-0.15, -0.1) is 5.10 Å². The highest BCUT2D eigenvalue weighted by Gasteiger charge is 2.20. The molecule has 2 aromatic heterocycles. The zero-order chi connectivity index (χ0) is 22.9. The number of benzene rings is 2. The Balaban J connectivity index is 1.51. The summed E-state index contributed by atoms with van der Waals surface area (Å²) in [5, 5.41) is 22.0. The van der Waals surface area contributed by atoms with Gasteiger partial charge in [-0.3, -0.25) is 4.90 Å². The number of likely N-dealkylation sites (tertiary alicyclic amines) is 1. The molecule has 1 aliphatic rings. The van der Waals surface area contributed by atoms with Gasteiger partial charge in [0.2, 0.25) is 0 Å². The summed E-state index contributed by atoms with van der Waals surface area (Å²) in [6.07, 6.45) is 3.93. The van der Waals surface area contributed by atoms with E-state index in [0.717, 1.165) is 35.0 Å². The van der Waals surface area contributed by atoms with Crippen molar-refractivity contribution >= 4 is 5.82 Å². The fraction of sp³-hybridized carbons (Fsp3) is 0.217. The number of phenolic OH excluding ortho intramolecular Hbond substituents is 1. The van der Waals surface area contributed by atoms with Gasteiger partial charge < -0.3 is 10.8 Å². The molecule has 0 aliphatic carbocycles. The smallest absolute Gasteiger partial charge is 0.190 e. The van der Waals surface area contributed by atoms with Gasteiger partial charge in [-0.1, -0.05) is 18.2 Å². The molecule has 33 heavy (non-hydrogen) atoms. The summed E-state index contributed by atoms with van der Waals surface area (Å²) in [6, 6.07) is 10.9. The third kappa shape index (κ3) is 4.00. The van der Waals surface area contributed by atoms with Crippen molar-refractivity contribution in [3.63, 3.8) is 0 Å². The van der Waals surface area contributed by atoms with Gasteiger partial charge in [0.25, 0.3) is 0 Å². The number of aromatic hydroxyl groups is 1. The summed E-state index contributed by atoms with van der Waals surface area (Å²) in [5.74, 6) is -1.65. The maximum Gasteiger partial charge on any atom is 0.190 e. The van der Waals surface area contributed by atoms with E-state index >= 15 is 0 Å². The number of pyridine rings is 1. The first-order valence-corrected chi connectivity index (χ1v) is 10.5. The molecule has 3 heterocycles. The molecule has 1 aliphatic heterocycles. The fourth-order valence-corrected chi connectivity index (χ4v) is 4.04. The molecule has 1 fully saturated rings. The number of rotatable bonds is 5. The Bertz CT molecular complexity index is 1320. The second kappa shape index (κ2) is 8.55. The number of nitrogens with zero attached hydrogens (tertiary/aromatic N) is 6. The predicted molar refractivity (Wildman–Crippen MR) is 118 cm³/mol. The van der Waals surface area contributed by atoms with E-state index in [-0.39, 0.29) is 23.1 Å². The molecule has 0 amide bonds. The Morgan fingerprint density at radius 2 is 1.85 bits per heavy atom. The lowest BCUT2D eigenvalue weighted by Gasteiger charge is -2.16. The number of aromatic nitrogens is 5. The highest BCUT2D eigenvalue weighted by molar-refractivity contribution is 5.77. The van der Waals surface area contributed by atoms with E-state index in [9.17, 15) is 13.9 Å². The van der Waals surface area contributed by atoms with Crippen LogP contribution in [-0.4, -0.2) is 48.3 Å². The first-order valence-electron chi connectivity index (χ1n) is 10.5. The minimum absolute atomic E-state index is 0.112. The highest BCUT2D eigenvalue weighted by Crippen LogP contribution is 2.32. The van der Waals surface area contributed by atoms with Crippen LogP contribution in [0.25, 0.3) is 28.2 Å². The SMILES string of the molecule is Nc1ncc(-c2ccc(CN3CCCC3)c(O)c2)cc1-c1nnnn1-c1cccc(F)c1F. The van der Waals surface area contributed by atoms with Crippen molar-refractivity contribution in [2.75, 3.05) is 18.8 Å². The summed E-state index contributed by atoms with van der Waals surface area (Å²) in [6.45, 7) is 2.77. The first kappa shape index (κ1) is 21.0. The van der Waals surface area contributed by atoms with Gasteiger partial charge in [0.15, 0.2) is 17.5 Å². The van der Waals surface area contributed by atoms with Crippen molar-refractivity contribution < 1.29 is 13.9 Å². The van der Waals surface area contributed by atoms with Crippen LogP contribution in [0.4, 0.5) is 14.6 Å². The van der Waals surface area contributed by atoms with Crippen LogP contribution in [0, 0.1) is 11.6 Å². The first-order chi connectivity index (χ1) is 16.0. The van der Waals surface area contributed by atoms with Gasteiger partial charge in [0, 0.05) is 23.9 Å². The standard InChI is InChI=1S/C23H21F2N7O/c24-18-4-3-5-19(21(18)25)32-23(28-29-30-32)17-10-16(12-27-22(17)26)14-6-7-15(20(33)11-14)13-31-8-1-2-9-31/h3-7,10-12,33H,1-2,8-9,13H2,(H2,26,27). The minimum Gasteiger partial charge on any atom is -0.508 e. The number of tetrazole rings is 1. The second-order valence-electron chi connectivity index (χ2n) is 7.97. The van der Waals surface area contributed by atoms with Crippen molar-refractivity contribution in [2.24, 2.45) is 0 Å². The van der Waals surface area contributed by atoms with E-state index in [2.05, 4.69) is 25.4 Å². The normalized spacial score (nSPS) is 14.1. The zero-order valence-electron chi connectivity index (χ0n) is 17.6. The van der Waals surface area contributed by atoms with Crippen LogP contribution in [0.15, 0.2) is 48.7 Å². The Hall–Kier alpha value is -3.92. The number of nitrogens with two attached hydrogens (primary N) is 1. The number of phenols is 1. The van der Waals surface area contributed by atoms with Crippen molar-refractivity contribution in [3.05, 3.63) is 65.9 Å². The topological polar surface area (TPSA) is 106 Å².